The molecule has 4 heteroatoms. The van der Waals surface area contributed by atoms with Gasteiger partial charge in [0.2, 0.25) is 0 Å². The van der Waals surface area contributed by atoms with E-state index in [-0.39, 0.29) is 5.78 Å². The Morgan fingerprint density at radius 1 is 1.05 bits per heavy atom. The highest BCUT2D eigenvalue weighted by Crippen LogP contribution is 2.13. The summed E-state index contributed by atoms with van der Waals surface area (Å²) in [5.41, 5.74) is 2.65. The minimum absolute atomic E-state index is 0.120. The van der Waals surface area contributed by atoms with Gasteiger partial charge in [0.15, 0.2) is 12.4 Å². The fourth-order valence-corrected chi connectivity index (χ4v) is 1.81. The molecular weight excluding hydrogens is 280 g/mol. The molecule has 1 N–H and O–H groups in total. The van der Waals surface area contributed by atoms with Crippen molar-refractivity contribution in [2.45, 2.75) is 6.92 Å². The molecule has 0 fully saturated rings. The number of aryl methyl sites for hydroxylation is 1. The van der Waals surface area contributed by atoms with E-state index in [0.29, 0.717) is 11.3 Å². The SMILES string of the molecule is Cc1ccc(/C=C/C(=O)c2ccc(OCC(=O)O)cc2)cc1. The second-order valence-corrected chi connectivity index (χ2v) is 4.82. The Bertz CT molecular complexity index is 682. The first-order valence-electron chi connectivity index (χ1n) is 6.78. The van der Waals surface area contributed by atoms with Gasteiger partial charge in [0.1, 0.15) is 5.75 Å². The number of benzene rings is 2. The fraction of sp³-hybridized carbons (Fsp3) is 0.111. The first-order chi connectivity index (χ1) is 10.5. The lowest BCUT2D eigenvalue weighted by atomic mass is 10.1. The zero-order chi connectivity index (χ0) is 15.9. The summed E-state index contributed by atoms with van der Waals surface area (Å²) in [6.45, 7) is 1.60. The Kier molecular flexibility index (Phi) is 5.09. The third-order valence-electron chi connectivity index (χ3n) is 3.01. The lowest BCUT2D eigenvalue weighted by Crippen LogP contribution is -2.09. The van der Waals surface area contributed by atoms with Crippen molar-refractivity contribution in [2.24, 2.45) is 0 Å². The number of carbonyl (C=O) groups excluding carboxylic acids is 1. The van der Waals surface area contributed by atoms with Crippen LogP contribution in [0.5, 0.6) is 5.75 Å². The summed E-state index contributed by atoms with van der Waals surface area (Å²) in [5, 5.41) is 8.52. The summed E-state index contributed by atoms with van der Waals surface area (Å²) in [4.78, 5) is 22.4. The molecule has 0 atom stereocenters. The van der Waals surface area contributed by atoms with E-state index in [0.717, 1.165) is 5.56 Å². The standard InChI is InChI=1S/C18H16O4/c1-13-2-4-14(5-3-13)6-11-17(19)15-7-9-16(10-8-15)22-12-18(20)21/h2-11H,12H2,1H3,(H,20,21)/b11-6+. The topological polar surface area (TPSA) is 63.6 Å². The maximum atomic E-state index is 12.0. The summed E-state index contributed by atoms with van der Waals surface area (Å²) in [7, 11) is 0. The zero-order valence-corrected chi connectivity index (χ0v) is 12.2. The summed E-state index contributed by atoms with van der Waals surface area (Å²) in [6, 6.07) is 14.2. The van der Waals surface area contributed by atoms with Gasteiger partial charge in [-0.25, -0.2) is 4.79 Å². The Morgan fingerprint density at radius 2 is 1.68 bits per heavy atom. The van der Waals surface area contributed by atoms with Crippen LogP contribution in [0.2, 0.25) is 0 Å². The third kappa shape index (κ3) is 4.59. The van der Waals surface area contributed by atoms with Gasteiger partial charge in [-0.15, -0.1) is 0 Å². The molecule has 0 amide bonds. The number of ketones is 1. The molecule has 0 saturated carbocycles. The van der Waals surface area contributed by atoms with Crippen LogP contribution in [0.1, 0.15) is 21.5 Å². The molecule has 0 radical (unpaired) electrons. The van der Waals surface area contributed by atoms with Crippen molar-refractivity contribution in [3.63, 3.8) is 0 Å². The van der Waals surface area contributed by atoms with Crippen molar-refractivity contribution in [3.05, 3.63) is 71.3 Å². The first-order valence-corrected chi connectivity index (χ1v) is 6.78. The van der Waals surface area contributed by atoms with E-state index in [2.05, 4.69) is 0 Å². The van der Waals surface area contributed by atoms with Crippen LogP contribution in [0.25, 0.3) is 6.08 Å². The van der Waals surface area contributed by atoms with E-state index in [1.165, 1.54) is 11.6 Å². The Balaban J connectivity index is 2.00. The molecule has 0 aliphatic rings. The molecule has 4 nitrogen and oxygen atoms in total. The monoisotopic (exact) mass is 296 g/mol. The van der Waals surface area contributed by atoms with Crippen LogP contribution in [0.15, 0.2) is 54.6 Å². The number of hydrogen-bond acceptors (Lipinski definition) is 3. The van der Waals surface area contributed by atoms with E-state index in [1.807, 2.05) is 31.2 Å². The normalized spacial score (nSPS) is 10.6. The molecule has 2 aromatic rings. The molecule has 0 unspecified atom stereocenters. The molecule has 2 aromatic carbocycles. The van der Waals surface area contributed by atoms with Gasteiger partial charge in [-0.3, -0.25) is 4.79 Å². The van der Waals surface area contributed by atoms with Crippen molar-refractivity contribution in [1.29, 1.82) is 0 Å². The molecular formula is C18H16O4. The van der Waals surface area contributed by atoms with Gasteiger partial charge in [0.25, 0.3) is 0 Å². The number of carbonyl (C=O) groups is 2. The highest BCUT2D eigenvalue weighted by Gasteiger charge is 2.03. The molecule has 0 aliphatic carbocycles. The Hall–Kier alpha value is -2.88. The molecule has 0 spiro atoms. The summed E-state index contributed by atoms with van der Waals surface area (Å²) >= 11 is 0. The molecule has 112 valence electrons. The summed E-state index contributed by atoms with van der Waals surface area (Å²) in [5.74, 6) is -0.743. The zero-order valence-electron chi connectivity index (χ0n) is 12.2. The van der Waals surface area contributed by atoms with Crippen LogP contribution in [-0.2, 0) is 4.79 Å². The highest BCUT2D eigenvalue weighted by atomic mass is 16.5. The van der Waals surface area contributed by atoms with E-state index in [9.17, 15) is 9.59 Å². The molecule has 2 rings (SSSR count). The molecule has 22 heavy (non-hydrogen) atoms. The largest absolute Gasteiger partial charge is 0.482 e. The predicted octanol–water partition coefficient (Wildman–Crippen LogP) is 3.35. The van der Waals surface area contributed by atoms with E-state index in [1.54, 1.807) is 30.3 Å². The summed E-state index contributed by atoms with van der Waals surface area (Å²) < 4.78 is 5.01. The van der Waals surface area contributed by atoms with Crippen molar-refractivity contribution >= 4 is 17.8 Å². The molecule has 0 bridgehead atoms. The van der Waals surface area contributed by atoms with Crippen LogP contribution in [0.3, 0.4) is 0 Å². The van der Waals surface area contributed by atoms with Crippen molar-refractivity contribution in [2.75, 3.05) is 6.61 Å². The van der Waals surface area contributed by atoms with Gasteiger partial charge in [-0.05, 0) is 42.8 Å². The maximum absolute atomic E-state index is 12.0. The highest BCUT2D eigenvalue weighted by molar-refractivity contribution is 6.06. The number of hydrogen-bond donors (Lipinski definition) is 1. The van der Waals surface area contributed by atoms with Crippen LogP contribution < -0.4 is 4.74 Å². The van der Waals surface area contributed by atoms with Gasteiger partial charge < -0.3 is 9.84 Å². The molecule has 0 heterocycles. The van der Waals surface area contributed by atoms with E-state index < -0.39 is 12.6 Å². The van der Waals surface area contributed by atoms with Crippen LogP contribution in [0, 0.1) is 6.92 Å². The average molecular weight is 296 g/mol. The minimum Gasteiger partial charge on any atom is -0.482 e. The second kappa shape index (κ2) is 7.22. The van der Waals surface area contributed by atoms with Crippen LogP contribution in [-0.4, -0.2) is 23.5 Å². The number of allylic oxidation sites excluding steroid dienone is 1. The predicted molar refractivity (Wildman–Crippen MR) is 84.1 cm³/mol. The van der Waals surface area contributed by atoms with E-state index >= 15 is 0 Å². The first kappa shape index (κ1) is 15.5. The number of ether oxygens (including phenoxy) is 1. The molecule has 0 aliphatic heterocycles. The molecule has 0 aromatic heterocycles. The van der Waals surface area contributed by atoms with Crippen molar-refractivity contribution in [3.8, 4) is 5.75 Å². The van der Waals surface area contributed by atoms with Crippen LogP contribution in [0.4, 0.5) is 0 Å². The lowest BCUT2D eigenvalue weighted by molar-refractivity contribution is -0.139. The van der Waals surface area contributed by atoms with E-state index in [4.69, 9.17) is 9.84 Å². The fourth-order valence-electron chi connectivity index (χ4n) is 1.81. The number of carboxylic acid groups (broad SMARTS) is 1. The van der Waals surface area contributed by atoms with Crippen LogP contribution >= 0.6 is 0 Å². The average Bonchev–Trinajstić information content (AvgIpc) is 2.52. The Morgan fingerprint density at radius 3 is 2.27 bits per heavy atom. The van der Waals surface area contributed by atoms with Crippen molar-refractivity contribution < 1.29 is 19.4 Å². The number of rotatable bonds is 6. The van der Waals surface area contributed by atoms with Gasteiger partial charge >= 0.3 is 5.97 Å². The smallest absolute Gasteiger partial charge is 0.341 e. The number of carboxylic acids is 1. The van der Waals surface area contributed by atoms with Gasteiger partial charge in [0, 0.05) is 5.56 Å². The third-order valence-corrected chi connectivity index (χ3v) is 3.01. The lowest BCUT2D eigenvalue weighted by Gasteiger charge is -2.03. The maximum Gasteiger partial charge on any atom is 0.341 e. The second-order valence-electron chi connectivity index (χ2n) is 4.82. The molecule has 0 saturated heterocycles. The van der Waals surface area contributed by atoms with Gasteiger partial charge in [-0.1, -0.05) is 35.9 Å². The Labute approximate surface area is 128 Å². The van der Waals surface area contributed by atoms with Gasteiger partial charge in [-0.2, -0.15) is 0 Å². The quantitative estimate of drug-likeness (QED) is 0.656. The number of aliphatic carboxylic acids is 1. The van der Waals surface area contributed by atoms with Crippen molar-refractivity contribution in [1.82, 2.24) is 0 Å². The minimum atomic E-state index is -1.04. The van der Waals surface area contributed by atoms with Gasteiger partial charge in [0.05, 0.1) is 0 Å². The summed E-state index contributed by atoms with van der Waals surface area (Å²) in [6.07, 6.45) is 3.27.